The molecule has 0 saturated carbocycles. The third-order valence-corrected chi connectivity index (χ3v) is 4.51. The fraction of sp³-hybridized carbons (Fsp3) is 0.455. The van der Waals surface area contributed by atoms with Gasteiger partial charge in [-0.15, -0.1) is 0 Å². The summed E-state index contributed by atoms with van der Waals surface area (Å²) >= 11 is 0. The van der Waals surface area contributed by atoms with Crippen LogP contribution in [0.25, 0.3) is 0 Å². The molecule has 7 nitrogen and oxygen atoms in total. The van der Waals surface area contributed by atoms with Gasteiger partial charge in [0.15, 0.2) is 11.5 Å². The summed E-state index contributed by atoms with van der Waals surface area (Å²) in [6.07, 6.45) is 1.29. The van der Waals surface area contributed by atoms with E-state index in [4.69, 9.17) is 18.9 Å². The van der Waals surface area contributed by atoms with Gasteiger partial charge >= 0.3 is 6.09 Å². The molecule has 1 amide bonds. The van der Waals surface area contributed by atoms with Crippen LogP contribution in [0.3, 0.4) is 0 Å². The smallest absolute Gasteiger partial charge is 0.415 e. The first-order valence-corrected chi connectivity index (χ1v) is 9.59. The average Bonchev–Trinajstić information content (AvgIpc) is 2.66. The van der Waals surface area contributed by atoms with Crippen molar-refractivity contribution in [1.29, 1.82) is 0 Å². The van der Waals surface area contributed by atoms with Gasteiger partial charge in [0.05, 0.1) is 25.0 Å². The zero-order chi connectivity index (χ0) is 21.2. The van der Waals surface area contributed by atoms with Crippen molar-refractivity contribution in [3.63, 3.8) is 0 Å². The summed E-state index contributed by atoms with van der Waals surface area (Å²) < 4.78 is 22.4. The first-order valence-electron chi connectivity index (χ1n) is 9.59. The molecular weight excluding hydrogens is 372 g/mol. The Hall–Kier alpha value is -2.96. The number of anilines is 1. The van der Waals surface area contributed by atoms with Crippen LogP contribution in [0, 0.1) is 13.8 Å². The number of ether oxygens (including phenoxy) is 4. The fourth-order valence-corrected chi connectivity index (χ4v) is 3.16. The number of pyridine rings is 1. The molecule has 0 fully saturated rings. The van der Waals surface area contributed by atoms with E-state index in [1.807, 2.05) is 40.7 Å². The van der Waals surface area contributed by atoms with E-state index in [0.717, 1.165) is 22.6 Å². The van der Waals surface area contributed by atoms with Crippen LogP contribution in [0.2, 0.25) is 0 Å². The molecule has 0 unspecified atom stereocenters. The number of aryl methyl sites for hydroxylation is 1. The molecule has 0 saturated heterocycles. The van der Waals surface area contributed by atoms with Gasteiger partial charge in [0.1, 0.15) is 24.6 Å². The van der Waals surface area contributed by atoms with Crippen LogP contribution in [0.4, 0.5) is 10.5 Å². The van der Waals surface area contributed by atoms with E-state index in [9.17, 15) is 4.79 Å². The van der Waals surface area contributed by atoms with Crippen molar-refractivity contribution < 1.29 is 23.7 Å². The average molecular weight is 400 g/mol. The number of carbonyl (C=O) groups is 1. The Morgan fingerprint density at radius 2 is 1.86 bits per heavy atom. The summed E-state index contributed by atoms with van der Waals surface area (Å²) in [6, 6.07) is 5.41. The van der Waals surface area contributed by atoms with Gasteiger partial charge in [-0.3, -0.25) is 9.88 Å². The molecule has 1 aromatic heterocycles. The van der Waals surface area contributed by atoms with Crippen molar-refractivity contribution in [2.45, 2.75) is 46.8 Å². The van der Waals surface area contributed by atoms with E-state index in [0.29, 0.717) is 30.4 Å². The normalized spacial score (nSPS) is 13.0. The van der Waals surface area contributed by atoms with Gasteiger partial charge < -0.3 is 18.9 Å². The molecule has 7 heteroatoms. The molecule has 0 radical (unpaired) electrons. The summed E-state index contributed by atoms with van der Waals surface area (Å²) in [5.41, 5.74) is 2.57. The monoisotopic (exact) mass is 400 g/mol. The fourth-order valence-electron chi connectivity index (χ4n) is 3.16. The van der Waals surface area contributed by atoms with E-state index in [-0.39, 0.29) is 6.54 Å². The number of carbonyl (C=O) groups excluding carboxylic acids is 1. The molecule has 0 N–H and O–H groups in total. The van der Waals surface area contributed by atoms with E-state index in [1.165, 1.54) is 0 Å². The zero-order valence-electron chi connectivity index (χ0n) is 17.9. The Labute approximate surface area is 171 Å². The Morgan fingerprint density at radius 3 is 2.52 bits per heavy atom. The van der Waals surface area contributed by atoms with E-state index in [2.05, 4.69) is 4.98 Å². The number of fused-ring (bicyclic) bond motifs is 1. The predicted molar refractivity (Wildman–Crippen MR) is 110 cm³/mol. The van der Waals surface area contributed by atoms with Crippen LogP contribution in [0.15, 0.2) is 24.4 Å². The number of hydrogen-bond donors (Lipinski definition) is 0. The second-order valence-electron chi connectivity index (χ2n) is 7.94. The standard InChI is InChI=1S/C22H28N2O5/c1-14-12-23-17(15(2)20(14)26-6)13-24(21(25)29-22(3,4)5)16-7-8-18-19(11-16)28-10-9-27-18/h7-8,11-12H,9-10,13H2,1-6H3. The van der Waals surface area contributed by atoms with E-state index in [1.54, 1.807) is 30.3 Å². The van der Waals surface area contributed by atoms with Gasteiger partial charge in [-0.2, -0.15) is 0 Å². The third-order valence-electron chi connectivity index (χ3n) is 4.51. The van der Waals surface area contributed by atoms with Crippen molar-refractivity contribution in [2.24, 2.45) is 0 Å². The number of benzene rings is 1. The molecule has 156 valence electrons. The number of hydrogen-bond acceptors (Lipinski definition) is 6. The molecule has 2 aromatic rings. The maximum absolute atomic E-state index is 13.0. The SMILES string of the molecule is COc1c(C)cnc(CN(C(=O)OC(C)(C)C)c2ccc3c(c2)OCCO3)c1C. The molecule has 1 aliphatic heterocycles. The van der Waals surface area contributed by atoms with Crippen LogP contribution in [0.1, 0.15) is 37.6 Å². The van der Waals surface area contributed by atoms with E-state index < -0.39 is 11.7 Å². The second-order valence-corrected chi connectivity index (χ2v) is 7.94. The molecule has 1 aromatic carbocycles. The van der Waals surface area contributed by atoms with Crippen molar-refractivity contribution in [1.82, 2.24) is 4.98 Å². The minimum absolute atomic E-state index is 0.233. The Morgan fingerprint density at radius 1 is 1.17 bits per heavy atom. The quantitative estimate of drug-likeness (QED) is 0.757. The first kappa shape index (κ1) is 20.8. The molecule has 29 heavy (non-hydrogen) atoms. The molecule has 3 rings (SSSR count). The second kappa shape index (κ2) is 8.19. The molecule has 2 heterocycles. The lowest BCUT2D eigenvalue weighted by Crippen LogP contribution is -2.37. The zero-order valence-corrected chi connectivity index (χ0v) is 17.9. The predicted octanol–water partition coefficient (Wildman–Crippen LogP) is 4.42. The largest absolute Gasteiger partial charge is 0.496 e. The van der Waals surface area contributed by atoms with E-state index >= 15 is 0 Å². The van der Waals surface area contributed by atoms with Gasteiger partial charge in [0, 0.05) is 23.4 Å². The topological polar surface area (TPSA) is 70.1 Å². The van der Waals surface area contributed by atoms with Crippen molar-refractivity contribution in [3.8, 4) is 17.2 Å². The highest BCUT2D eigenvalue weighted by molar-refractivity contribution is 5.88. The number of amides is 1. The molecular formula is C22H28N2O5. The summed E-state index contributed by atoms with van der Waals surface area (Å²) in [7, 11) is 1.63. The Balaban J connectivity index is 1.99. The minimum Gasteiger partial charge on any atom is -0.496 e. The summed E-state index contributed by atoms with van der Waals surface area (Å²) in [5, 5.41) is 0. The number of rotatable bonds is 4. The van der Waals surface area contributed by atoms with Crippen LogP contribution < -0.4 is 19.1 Å². The van der Waals surface area contributed by atoms with Crippen LogP contribution in [-0.4, -0.2) is 37.0 Å². The molecule has 0 aliphatic carbocycles. The number of aromatic nitrogens is 1. The van der Waals surface area contributed by atoms with Crippen LogP contribution >= 0.6 is 0 Å². The lowest BCUT2D eigenvalue weighted by atomic mass is 10.1. The lowest BCUT2D eigenvalue weighted by Gasteiger charge is -2.29. The Bertz CT molecular complexity index is 905. The first-order chi connectivity index (χ1) is 13.7. The highest BCUT2D eigenvalue weighted by Crippen LogP contribution is 2.35. The minimum atomic E-state index is -0.628. The number of methoxy groups -OCH3 is 1. The Kier molecular flexibility index (Phi) is 5.86. The van der Waals surface area contributed by atoms with Gasteiger partial charge in [-0.1, -0.05) is 0 Å². The van der Waals surface area contributed by atoms with Crippen LogP contribution in [-0.2, 0) is 11.3 Å². The lowest BCUT2D eigenvalue weighted by molar-refractivity contribution is 0.0577. The van der Waals surface area contributed by atoms with Gasteiger partial charge in [0.2, 0.25) is 0 Å². The van der Waals surface area contributed by atoms with Gasteiger partial charge in [-0.25, -0.2) is 4.79 Å². The molecule has 0 atom stereocenters. The van der Waals surface area contributed by atoms with Crippen molar-refractivity contribution in [3.05, 3.63) is 41.2 Å². The summed E-state index contributed by atoms with van der Waals surface area (Å²) in [5.74, 6) is 2.03. The third kappa shape index (κ3) is 4.72. The highest BCUT2D eigenvalue weighted by atomic mass is 16.6. The summed E-state index contributed by atoms with van der Waals surface area (Å²) in [4.78, 5) is 19.1. The van der Waals surface area contributed by atoms with Crippen molar-refractivity contribution in [2.75, 3.05) is 25.2 Å². The maximum atomic E-state index is 13.0. The van der Waals surface area contributed by atoms with Crippen molar-refractivity contribution >= 4 is 11.8 Å². The van der Waals surface area contributed by atoms with Gasteiger partial charge in [-0.05, 0) is 46.8 Å². The van der Waals surface area contributed by atoms with Crippen LogP contribution in [0.5, 0.6) is 17.2 Å². The van der Waals surface area contributed by atoms with Gasteiger partial charge in [0.25, 0.3) is 0 Å². The summed E-state index contributed by atoms with van der Waals surface area (Å²) in [6.45, 7) is 10.6. The number of nitrogens with zero attached hydrogens (tertiary/aromatic N) is 2. The highest BCUT2D eigenvalue weighted by Gasteiger charge is 2.26. The molecule has 1 aliphatic rings. The maximum Gasteiger partial charge on any atom is 0.415 e. The molecule has 0 bridgehead atoms. The molecule has 0 spiro atoms.